The average molecular weight is 501 g/mol. The molecule has 32 heavy (non-hydrogen) atoms. The maximum atomic E-state index is 13.8. The molecule has 2 aromatic carbocycles. The summed E-state index contributed by atoms with van der Waals surface area (Å²) in [4.78, 5) is 23.9. The van der Waals surface area contributed by atoms with Crippen LogP contribution in [0, 0.1) is 12.7 Å². The van der Waals surface area contributed by atoms with Gasteiger partial charge in [-0.25, -0.2) is 14.4 Å². The number of methoxy groups -OCH3 is 2. The fraction of sp³-hybridized carbons (Fsp3) is 0.261. The molecule has 0 radical (unpaired) electrons. The quantitative estimate of drug-likeness (QED) is 0.563. The first kappa shape index (κ1) is 22.0. The summed E-state index contributed by atoms with van der Waals surface area (Å²) in [7, 11) is 3.15. The molecular formula is C23H22BrFN4O3. The van der Waals surface area contributed by atoms with Gasteiger partial charge in [0.25, 0.3) is 5.91 Å². The van der Waals surface area contributed by atoms with Crippen molar-refractivity contribution in [1.29, 1.82) is 0 Å². The van der Waals surface area contributed by atoms with Gasteiger partial charge in [-0.05, 0) is 36.8 Å². The molecule has 166 valence electrons. The van der Waals surface area contributed by atoms with E-state index in [9.17, 15) is 9.18 Å². The van der Waals surface area contributed by atoms with Crippen molar-refractivity contribution in [2.45, 2.75) is 25.9 Å². The molecule has 1 aromatic heterocycles. The van der Waals surface area contributed by atoms with Gasteiger partial charge >= 0.3 is 0 Å². The summed E-state index contributed by atoms with van der Waals surface area (Å²) in [5.74, 6) is 0.789. The van der Waals surface area contributed by atoms with Gasteiger partial charge in [0.05, 0.1) is 43.8 Å². The van der Waals surface area contributed by atoms with Crippen LogP contribution in [0.15, 0.2) is 40.9 Å². The zero-order valence-electron chi connectivity index (χ0n) is 17.9. The second kappa shape index (κ2) is 8.74. The van der Waals surface area contributed by atoms with E-state index in [1.165, 1.54) is 12.1 Å². The lowest BCUT2D eigenvalue weighted by atomic mass is 9.91. The first-order valence-electron chi connectivity index (χ1n) is 9.92. The van der Waals surface area contributed by atoms with Crippen molar-refractivity contribution in [3.63, 3.8) is 0 Å². The minimum atomic E-state index is -0.398. The number of anilines is 1. The van der Waals surface area contributed by atoms with Crippen LogP contribution in [0.25, 0.3) is 0 Å². The van der Waals surface area contributed by atoms with Gasteiger partial charge in [0.2, 0.25) is 5.95 Å². The molecule has 1 amide bonds. The second-order valence-electron chi connectivity index (χ2n) is 7.49. The SMILES string of the molecule is COc1ccc(CN2C(=O)c3c(C)nc(N)nc3CC2c2ccc(F)cc2Br)c(OC)c1. The summed E-state index contributed by atoms with van der Waals surface area (Å²) in [6.45, 7) is 2.01. The number of hydrogen-bond donors (Lipinski definition) is 1. The number of nitrogens with two attached hydrogens (primary N) is 1. The predicted octanol–water partition coefficient (Wildman–Crippen LogP) is 4.23. The van der Waals surface area contributed by atoms with E-state index < -0.39 is 6.04 Å². The van der Waals surface area contributed by atoms with E-state index in [0.29, 0.717) is 39.3 Å². The number of ether oxygens (including phenoxy) is 2. The van der Waals surface area contributed by atoms with Crippen molar-refractivity contribution in [3.05, 3.63) is 74.8 Å². The molecule has 1 aliphatic heterocycles. The summed E-state index contributed by atoms with van der Waals surface area (Å²) in [5.41, 5.74) is 8.99. The van der Waals surface area contributed by atoms with Gasteiger partial charge in [-0.2, -0.15) is 0 Å². The number of nitrogens with zero attached hydrogens (tertiary/aromatic N) is 3. The van der Waals surface area contributed by atoms with E-state index in [0.717, 1.165) is 11.1 Å². The van der Waals surface area contributed by atoms with E-state index in [1.54, 1.807) is 38.2 Å². The number of aryl methyl sites for hydroxylation is 1. The minimum absolute atomic E-state index is 0.122. The van der Waals surface area contributed by atoms with Gasteiger partial charge in [0.1, 0.15) is 17.3 Å². The molecule has 1 aliphatic rings. The van der Waals surface area contributed by atoms with E-state index in [-0.39, 0.29) is 24.2 Å². The van der Waals surface area contributed by atoms with Gasteiger partial charge in [-0.3, -0.25) is 4.79 Å². The number of rotatable bonds is 5. The second-order valence-corrected chi connectivity index (χ2v) is 8.34. The highest BCUT2D eigenvalue weighted by molar-refractivity contribution is 9.10. The molecule has 7 nitrogen and oxygen atoms in total. The lowest BCUT2D eigenvalue weighted by Crippen LogP contribution is -2.41. The molecule has 9 heteroatoms. The topological polar surface area (TPSA) is 90.6 Å². The highest BCUT2D eigenvalue weighted by atomic mass is 79.9. The summed E-state index contributed by atoms with van der Waals surface area (Å²) < 4.78 is 25.2. The Labute approximate surface area is 193 Å². The molecule has 1 unspecified atom stereocenters. The van der Waals surface area contributed by atoms with Crippen LogP contribution in [0.4, 0.5) is 10.3 Å². The van der Waals surface area contributed by atoms with Crippen LogP contribution in [0.3, 0.4) is 0 Å². The number of benzene rings is 2. The number of fused-ring (bicyclic) bond motifs is 1. The lowest BCUT2D eigenvalue weighted by Gasteiger charge is -2.37. The van der Waals surface area contributed by atoms with Crippen molar-refractivity contribution in [2.24, 2.45) is 0 Å². The lowest BCUT2D eigenvalue weighted by molar-refractivity contribution is 0.0622. The van der Waals surface area contributed by atoms with Crippen LogP contribution in [-0.2, 0) is 13.0 Å². The van der Waals surface area contributed by atoms with Crippen molar-refractivity contribution in [3.8, 4) is 11.5 Å². The van der Waals surface area contributed by atoms with Crippen LogP contribution in [0.2, 0.25) is 0 Å². The van der Waals surface area contributed by atoms with Crippen LogP contribution in [0.5, 0.6) is 11.5 Å². The van der Waals surface area contributed by atoms with Gasteiger partial charge < -0.3 is 20.1 Å². The van der Waals surface area contributed by atoms with Crippen LogP contribution in [-0.4, -0.2) is 35.0 Å². The molecule has 2 N–H and O–H groups in total. The van der Waals surface area contributed by atoms with Gasteiger partial charge in [0.15, 0.2) is 0 Å². The Morgan fingerprint density at radius 2 is 1.97 bits per heavy atom. The molecule has 0 saturated carbocycles. The number of nitrogen functional groups attached to an aromatic ring is 1. The van der Waals surface area contributed by atoms with Crippen LogP contribution < -0.4 is 15.2 Å². The summed E-state index contributed by atoms with van der Waals surface area (Å²) in [6, 6.07) is 9.51. The maximum absolute atomic E-state index is 13.8. The molecule has 0 saturated heterocycles. The van der Waals surface area contributed by atoms with E-state index in [1.807, 2.05) is 12.1 Å². The third-order valence-electron chi connectivity index (χ3n) is 5.58. The zero-order chi connectivity index (χ0) is 23.0. The van der Waals surface area contributed by atoms with Crippen molar-refractivity contribution in [2.75, 3.05) is 20.0 Å². The molecule has 0 aliphatic carbocycles. The number of carbonyl (C=O) groups excluding carboxylic acids is 1. The maximum Gasteiger partial charge on any atom is 0.258 e. The van der Waals surface area contributed by atoms with Gasteiger partial charge in [0, 0.05) is 22.5 Å². The number of halogens is 2. The number of hydrogen-bond acceptors (Lipinski definition) is 6. The molecule has 0 spiro atoms. The van der Waals surface area contributed by atoms with E-state index >= 15 is 0 Å². The fourth-order valence-electron chi connectivity index (χ4n) is 4.06. The Balaban J connectivity index is 1.83. The summed E-state index contributed by atoms with van der Waals surface area (Å²) >= 11 is 3.45. The molecule has 3 aromatic rings. The Morgan fingerprint density at radius 3 is 2.66 bits per heavy atom. The zero-order valence-corrected chi connectivity index (χ0v) is 19.4. The Hall–Kier alpha value is -3.20. The third kappa shape index (κ3) is 4.00. The largest absolute Gasteiger partial charge is 0.497 e. The summed E-state index contributed by atoms with van der Waals surface area (Å²) in [5, 5.41) is 0. The molecule has 0 bridgehead atoms. The molecule has 1 atom stereocenters. The van der Waals surface area contributed by atoms with Crippen molar-refractivity contribution in [1.82, 2.24) is 14.9 Å². The summed E-state index contributed by atoms with van der Waals surface area (Å²) in [6.07, 6.45) is 0.414. The van der Waals surface area contributed by atoms with E-state index in [4.69, 9.17) is 15.2 Å². The number of amides is 1. The monoisotopic (exact) mass is 500 g/mol. The number of carbonyl (C=O) groups is 1. The Kier molecular flexibility index (Phi) is 6.01. The smallest absolute Gasteiger partial charge is 0.258 e. The van der Waals surface area contributed by atoms with Gasteiger partial charge in [-0.1, -0.05) is 22.0 Å². The third-order valence-corrected chi connectivity index (χ3v) is 6.26. The minimum Gasteiger partial charge on any atom is -0.497 e. The Bertz CT molecular complexity index is 1200. The molecule has 4 rings (SSSR count). The Morgan fingerprint density at radius 1 is 1.19 bits per heavy atom. The fourth-order valence-corrected chi connectivity index (χ4v) is 4.67. The van der Waals surface area contributed by atoms with Crippen molar-refractivity contribution >= 4 is 27.8 Å². The molecule has 0 fully saturated rings. The first-order valence-corrected chi connectivity index (χ1v) is 10.7. The highest BCUT2D eigenvalue weighted by Crippen LogP contribution is 2.39. The standard InChI is InChI=1S/C23H22BrFN4O3/c1-12-21-18(28-23(26)27-12)10-19(16-7-5-14(25)8-17(16)24)29(22(21)30)11-13-4-6-15(31-2)9-20(13)32-3/h4-9,19H,10-11H2,1-3H3,(H2,26,27,28). The molecule has 2 heterocycles. The van der Waals surface area contributed by atoms with Crippen LogP contribution >= 0.6 is 15.9 Å². The highest BCUT2D eigenvalue weighted by Gasteiger charge is 2.37. The first-order chi connectivity index (χ1) is 15.3. The van der Waals surface area contributed by atoms with Crippen LogP contribution in [0.1, 0.15) is 38.9 Å². The number of aromatic nitrogens is 2. The van der Waals surface area contributed by atoms with E-state index in [2.05, 4.69) is 25.9 Å². The average Bonchev–Trinajstić information content (AvgIpc) is 2.75. The normalized spacial score (nSPS) is 15.5. The molecular weight excluding hydrogens is 479 g/mol. The van der Waals surface area contributed by atoms with Crippen molar-refractivity contribution < 1.29 is 18.7 Å². The van der Waals surface area contributed by atoms with Gasteiger partial charge in [-0.15, -0.1) is 0 Å². The predicted molar refractivity (Wildman–Crippen MR) is 121 cm³/mol.